The first kappa shape index (κ1) is 19.4. The summed E-state index contributed by atoms with van der Waals surface area (Å²) in [6.07, 6.45) is 4.43. The Kier molecular flexibility index (Phi) is 9.03. The molecule has 0 bridgehead atoms. The maximum absolute atomic E-state index is 13.0. The van der Waals surface area contributed by atoms with E-state index in [2.05, 4.69) is 27.7 Å². The van der Waals surface area contributed by atoms with Crippen LogP contribution in [-0.4, -0.2) is 28.9 Å². The molecular formula is C16H32N2OS. The van der Waals surface area contributed by atoms with E-state index >= 15 is 0 Å². The number of carbonyl (C=O) groups excluding carboxylic acids is 1. The molecule has 4 heteroatoms. The molecule has 0 rings (SSSR count). The highest BCUT2D eigenvalue weighted by atomic mass is 32.1. The van der Waals surface area contributed by atoms with Crippen molar-refractivity contribution < 1.29 is 4.79 Å². The fraction of sp³-hybridized carbons (Fsp3) is 0.875. The minimum Gasteiger partial charge on any atom is -0.392 e. The molecule has 0 aliphatic heterocycles. The Bertz CT molecular complexity index is 312. The van der Waals surface area contributed by atoms with Crippen molar-refractivity contribution in [2.45, 2.75) is 66.7 Å². The van der Waals surface area contributed by atoms with Gasteiger partial charge in [-0.2, -0.15) is 0 Å². The highest BCUT2D eigenvalue weighted by Gasteiger charge is 2.42. The lowest BCUT2D eigenvalue weighted by molar-refractivity contribution is -0.139. The molecular weight excluding hydrogens is 268 g/mol. The molecule has 0 saturated heterocycles. The molecule has 0 aromatic heterocycles. The van der Waals surface area contributed by atoms with Crippen LogP contribution in [-0.2, 0) is 4.79 Å². The van der Waals surface area contributed by atoms with Crippen LogP contribution in [0.3, 0.4) is 0 Å². The van der Waals surface area contributed by atoms with Gasteiger partial charge in [0.25, 0.3) is 0 Å². The van der Waals surface area contributed by atoms with Gasteiger partial charge in [0.15, 0.2) is 0 Å². The summed E-state index contributed by atoms with van der Waals surface area (Å²) in [4.78, 5) is 15.3. The molecule has 0 fully saturated rings. The summed E-state index contributed by atoms with van der Waals surface area (Å²) in [6, 6.07) is 0. The number of rotatable bonds is 10. The second-order valence-corrected chi connectivity index (χ2v) is 6.24. The van der Waals surface area contributed by atoms with Gasteiger partial charge in [-0.05, 0) is 25.7 Å². The van der Waals surface area contributed by atoms with Gasteiger partial charge in [0, 0.05) is 13.1 Å². The number of hydrogen-bond donors (Lipinski definition) is 1. The zero-order chi connectivity index (χ0) is 15.8. The quantitative estimate of drug-likeness (QED) is 0.625. The van der Waals surface area contributed by atoms with Crippen molar-refractivity contribution in [1.82, 2.24) is 4.90 Å². The summed E-state index contributed by atoms with van der Waals surface area (Å²) in [6.45, 7) is 12.1. The Morgan fingerprint density at radius 1 is 1.20 bits per heavy atom. The molecule has 0 aromatic rings. The van der Waals surface area contributed by atoms with Crippen molar-refractivity contribution in [3.8, 4) is 0 Å². The molecule has 2 N–H and O–H groups in total. The van der Waals surface area contributed by atoms with Crippen molar-refractivity contribution in [1.29, 1.82) is 0 Å². The summed E-state index contributed by atoms with van der Waals surface area (Å²) in [5.74, 6) is 0.641. The van der Waals surface area contributed by atoms with E-state index in [1.165, 1.54) is 0 Å². The van der Waals surface area contributed by atoms with E-state index in [1.54, 1.807) is 0 Å². The Hall–Kier alpha value is -0.640. The van der Waals surface area contributed by atoms with Gasteiger partial charge in [-0.3, -0.25) is 4.79 Å². The summed E-state index contributed by atoms with van der Waals surface area (Å²) in [7, 11) is 0. The van der Waals surface area contributed by atoms with Gasteiger partial charge in [-0.15, -0.1) is 0 Å². The van der Waals surface area contributed by atoms with Gasteiger partial charge < -0.3 is 10.6 Å². The van der Waals surface area contributed by atoms with Gasteiger partial charge in [-0.1, -0.05) is 59.2 Å². The average molecular weight is 301 g/mol. The highest BCUT2D eigenvalue weighted by molar-refractivity contribution is 7.80. The first-order valence-electron chi connectivity index (χ1n) is 7.98. The lowest BCUT2D eigenvalue weighted by atomic mass is 9.77. The molecule has 0 aliphatic rings. The van der Waals surface area contributed by atoms with Crippen molar-refractivity contribution in [3.63, 3.8) is 0 Å². The van der Waals surface area contributed by atoms with E-state index in [1.807, 2.05) is 11.8 Å². The van der Waals surface area contributed by atoms with Crippen LogP contribution < -0.4 is 5.73 Å². The zero-order valence-electron chi connectivity index (χ0n) is 13.9. The molecule has 0 aliphatic carbocycles. The van der Waals surface area contributed by atoms with Gasteiger partial charge in [0.05, 0.1) is 10.4 Å². The molecule has 1 amide bonds. The SMILES string of the molecule is CCCC(CCC)(C(=O)N(CC)CC(C)CC)C(N)=S. The number of amides is 1. The normalized spacial score (nSPS) is 13.1. The Morgan fingerprint density at radius 2 is 1.70 bits per heavy atom. The van der Waals surface area contributed by atoms with E-state index in [0.29, 0.717) is 10.9 Å². The maximum Gasteiger partial charge on any atom is 0.235 e. The standard InChI is InChI=1S/C16H32N2OS/c1-6-10-16(11-7-2,14(17)20)15(19)18(9-4)12-13(5)8-3/h13H,6-12H2,1-5H3,(H2,17,20). The first-order valence-corrected chi connectivity index (χ1v) is 8.39. The summed E-state index contributed by atoms with van der Waals surface area (Å²) < 4.78 is 0. The minimum atomic E-state index is -0.637. The molecule has 3 nitrogen and oxygen atoms in total. The van der Waals surface area contributed by atoms with E-state index in [0.717, 1.165) is 45.2 Å². The second kappa shape index (κ2) is 9.32. The van der Waals surface area contributed by atoms with Crippen LogP contribution in [0, 0.1) is 11.3 Å². The second-order valence-electron chi connectivity index (χ2n) is 5.80. The molecule has 0 saturated carbocycles. The van der Waals surface area contributed by atoms with Gasteiger partial charge in [0.2, 0.25) is 5.91 Å². The molecule has 0 spiro atoms. The van der Waals surface area contributed by atoms with Crippen molar-refractivity contribution >= 4 is 23.1 Å². The molecule has 1 unspecified atom stereocenters. The largest absolute Gasteiger partial charge is 0.392 e. The van der Waals surface area contributed by atoms with Crippen LogP contribution in [0.1, 0.15) is 66.7 Å². The van der Waals surface area contributed by atoms with Crippen LogP contribution in [0.5, 0.6) is 0 Å². The van der Waals surface area contributed by atoms with Crippen LogP contribution in [0.4, 0.5) is 0 Å². The number of nitrogens with two attached hydrogens (primary N) is 1. The molecule has 1 atom stereocenters. The monoisotopic (exact) mass is 300 g/mol. The number of hydrogen-bond acceptors (Lipinski definition) is 2. The predicted molar refractivity (Wildman–Crippen MR) is 90.7 cm³/mol. The van der Waals surface area contributed by atoms with Crippen LogP contribution in [0.25, 0.3) is 0 Å². The van der Waals surface area contributed by atoms with Gasteiger partial charge in [-0.25, -0.2) is 0 Å². The highest BCUT2D eigenvalue weighted by Crippen LogP contribution is 2.33. The topological polar surface area (TPSA) is 46.3 Å². The van der Waals surface area contributed by atoms with Gasteiger partial charge >= 0.3 is 0 Å². The first-order chi connectivity index (χ1) is 9.39. The van der Waals surface area contributed by atoms with E-state index < -0.39 is 5.41 Å². The van der Waals surface area contributed by atoms with Crippen LogP contribution >= 0.6 is 12.2 Å². The fourth-order valence-electron chi connectivity index (χ4n) is 2.71. The number of thiocarbonyl (C=S) groups is 1. The lowest BCUT2D eigenvalue weighted by Crippen LogP contribution is -2.51. The number of carbonyl (C=O) groups is 1. The smallest absolute Gasteiger partial charge is 0.235 e. The molecule has 0 aromatic carbocycles. The molecule has 20 heavy (non-hydrogen) atoms. The van der Waals surface area contributed by atoms with Gasteiger partial charge in [0.1, 0.15) is 0 Å². The number of nitrogens with zero attached hydrogens (tertiary/aromatic N) is 1. The summed E-state index contributed by atoms with van der Waals surface area (Å²) in [5.41, 5.74) is 5.35. The van der Waals surface area contributed by atoms with Crippen molar-refractivity contribution in [3.05, 3.63) is 0 Å². The van der Waals surface area contributed by atoms with E-state index in [9.17, 15) is 4.79 Å². The van der Waals surface area contributed by atoms with E-state index in [-0.39, 0.29) is 5.91 Å². The third-order valence-electron chi connectivity index (χ3n) is 4.13. The summed E-state index contributed by atoms with van der Waals surface area (Å²) >= 11 is 5.28. The third kappa shape index (κ3) is 4.72. The van der Waals surface area contributed by atoms with Crippen LogP contribution in [0.2, 0.25) is 0 Å². The Balaban J connectivity index is 5.31. The fourth-order valence-corrected chi connectivity index (χ4v) is 3.00. The predicted octanol–water partition coefficient (Wildman–Crippen LogP) is 3.75. The van der Waals surface area contributed by atoms with Crippen molar-refractivity contribution in [2.75, 3.05) is 13.1 Å². The summed E-state index contributed by atoms with van der Waals surface area (Å²) in [5, 5.41) is 0. The molecule has 118 valence electrons. The lowest BCUT2D eigenvalue weighted by Gasteiger charge is -2.37. The Morgan fingerprint density at radius 3 is 2.00 bits per heavy atom. The van der Waals surface area contributed by atoms with Crippen molar-refractivity contribution in [2.24, 2.45) is 17.1 Å². The maximum atomic E-state index is 13.0. The molecule has 0 radical (unpaired) electrons. The minimum absolute atomic E-state index is 0.136. The average Bonchev–Trinajstić information content (AvgIpc) is 2.42. The zero-order valence-corrected chi connectivity index (χ0v) is 14.7. The Labute approximate surface area is 130 Å². The molecule has 0 heterocycles. The van der Waals surface area contributed by atoms with Crippen LogP contribution in [0.15, 0.2) is 0 Å². The van der Waals surface area contributed by atoms with E-state index in [4.69, 9.17) is 18.0 Å². The third-order valence-corrected chi connectivity index (χ3v) is 4.52.